The Morgan fingerprint density at radius 2 is 2.05 bits per heavy atom. The highest BCUT2D eigenvalue weighted by molar-refractivity contribution is 6.00. The van der Waals surface area contributed by atoms with Crippen molar-refractivity contribution in [1.29, 1.82) is 0 Å². The zero-order valence-corrected chi connectivity index (χ0v) is 11.8. The first-order chi connectivity index (χ1) is 10.4. The minimum atomic E-state index is 0.246. The van der Waals surface area contributed by atoms with Crippen LogP contribution in [-0.4, -0.2) is 17.2 Å². The van der Waals surface area contributed by atoms with E-state index in [-0.39, 0.29) is 6.10 Å². The molecule has 1 aliphatic heterocycles. The summed E-state index contributed by atoms with van der Waals surface area (Å²) in [7, 11) is 0. The third-order valence-corrected chi connectivity index (χ3v) is 4.12. The Kier molecular flexibility index (Phi) is 2.93. The van der Waals surface area contributed by atoms with E-state index in [1.165, 1.54) is 16.3 Å². The van der Waals surface area contributed by atoms with Crippen LogP contribution in [0.2, 0.25) is 0 Å². The van der Waals surface area contributed by atoms with Crippen molar-refractivity contribution in [3.63, 3.8) is 0 Å². The Bertz CT molecular complexity index is 828. The number of hydrogen-bond acceptors (Lipinski definition) is 2. The smallest absolute Gasteiger partial charge is 0.239 e. The second kappa shape index (κ2) is 4.93. The summed E-state index contributed by atoms with van der Waals surface area (Å²) in [5.41, 5.74) is 2.26. The quantitative estimate of drug-likeness (QED) is 0.317. The monoisotopic (exact) mass is 277 g/mol. The molecule has 0 unspecified atom stereocenters. The van der Waals surface area contributed by atoms with Gasteiger partial charge in [-0.05, 0) is 18.2 Å². The maximum Gasteiger partial charge on any atom is 0.239 e. The molecule has 4 rings (SSSR count). The van der Waals surface area contributed by atoms with Crippen molar-refractivity contribution >= 4 is 21.8 Å². The molecule has 3 nitrogen and oxygen atoms in total. The van der Waals surface area contributed by atoms with E-state index < -0.39 is 0 Å². The predicted octanol–water partition coefficient (Wildman–Crippen LogP) is 3.02. The maximum atomic E-state index is 5.54. The number of rotatable bonds is 4. The van der Waals surface area contributed by atoms with Crippen molar-refractivity contribution in [2.75, 3.05) is 0 Å². The molecule has 3 heteroatoms. The Labute approximate surface area is 123 Å². The van der Waals surface area contributed by atoms with Gasteiger partial charge in [0.25, 0.3) is 0 Å². The number of pyridine rings is 2. The highest BCUT2D eigenvalue weighted by Crippen LogP contribution is 2.26. The van der Waals surface area contributed by atoms with Gasteiger partial charge in [0.15, 0.2) is 12.7 Å². The number of nitrogens with zero attached hydrogens (tertiary/aromatic N) is 2. The number of hydrogen-bond donors (Lipinski definition) is 0. The van der Waals surface area contributed by atoms with Crippen LogP contribution in [-0.2, 0) is 11.3 Å². The first kappa shape index (κ1) is 12.5. The molecule has 1 aliphatic rings. The largest absolute Gasteiger partial charge is 0.365 e. The number of benzene rings is 1. The van der Waals surface area contributed by atoms with Gasteiger partial charge in [0.05, 0.1) is 6.10 Å². The van der Waals surface area contributed by atoms with Crippen molar-refractivity contribution in [1.82, 2.24) is 4.98 Å². The van der Waals surface area contributed by atoms with Crippen LogP contribution >= 0.6 is 0 Å². The molecule has 1 aromatic carbocycles. The van der Waals surface area contributed by atoms with Gasteiger partial charge in [0, 0.05) is 29.5 Å². The Morgan fingerprint density at radius 3 is 2.90 bits per heavy atom. The van der Waals surface area contributed by atoms with Crippen LogP contribution in [0.1, 0.15) is 6.42 Å². The lowest BCUT2D eigenvalue weighted by Crippen LogP contribution is -2.35. The minimum Gasteiger partial charge on any atom is -0.365 e. The van der Waals surface area contributed by atoms with Gasteiger partial charge in [-0.3, -0.25) is 0 Å². The molecule has 104 valence electrons. The number of fused-ring (bicyclic) bond motifs is 3. The van der Waals surface area contributed by atoms with E-state index in [4.69, 9.17) is 4.74 Å². The molecule has 0 amide bonds. The molecule has 0 bridgehead atoms. The summed E-state index contributed by atoms with van der Waals surface area (Å²) in [4.78, 5) is 4.58. The Balaban J connectivity index is 1.77. The van der Waals surface area contributed by atoms with E-state index in [0.29, 0.717) is 6.10 Å². The van der Waals surface area contributed by atoms with Gasteiger partial charge >= 0.3 is 0 Å². The SMILES string of the molecule is C=C[C@@H]1O[C@H]1CC[n+]1cccc2ccc3cccnc3c21. The summed E-state index contributed by atoms with van der Waals surface area (Å²) in [6.07, 6.45) is 7.45. The lowest BCUT2D eigenvalue weighted by Gasteiger charge is -2.03. The summed E-state index contributed by atoms with van der Waals surface area (Å²) in [5.74, 6) is 0. The molecule has 0 spiro atoms. The Morgan fingerprint density at radius 1 is 1.19 bits per heavy atom. The van der Waals surface area contributed by atoms with Crippen LogP contribution in [0.4, 0.5) is 0 Å². The summed E-state index contributed by atoms with van der Waals surface area (Å²) in [5, 5.41) is 2.40. The molecule has 2 atom stereocenters. The molecule has 0 aliphatic carbocycles. The highest BCUT2D eigenvalue weighted by atomic mass is 16.6. The second-order valence-corrected chi connectivity index (χ2v) is 5.44. The van der Waals surface area contributed by atoms with Crippen molar-refractivity contribution in [3.8, 4) is 0 Å². The third-order valence-electron chi connectivity index (χ3n) is 4.12. The summed E-state index contributed by atoms with van der Waals surface area (Å²) in [6, 6.07) is 12.6. The van der Waals surface area contributed by atoms with E-state index in [9.17, 15) is 0 Å². The molecule has 0 saturated carbocycles. The van der Waals surface area contributed by atoms with Crippen LogP contribution in [0.25, 0.3) is 21.8 Å². The molecular weight excluding hydrogens is 260 g/mol. The first-order valence-corrected chi connectivity index (χ1v) is 7.31. The number of aryl methyl sites for hydroxylation is 1. The molecule has 3 heterocycles. The van der Waals surface area contributed by atoms with Crippen molar-refractivity contribution in [3.05, 3.63) is 61.4 Å². The van der Waals surface area contributed by atoms with Crippen molar-refractivity contribution in [2.24, 2.45) is 0 Å². The standard InChI is InChI=1S/C18H17N2O/c1-2-15-16(21-15)9-12-20-11-4-6-14-8-7-13-5-3-10-19-17(13)18(14)20/h2-8,10-11,15-16H,1,9,12H2/q+1/t15-,16-/m0/s1. The van der Waals surface area contributed by atoms with Gasteiger partial charge in [0.1, 0.15) is 11.6 Å². The van der Waals surface area contributed by atoms with Gasteiger partial charge in [-0.25, -0.2) is 4.98 Å². The molecular formula is C18H17N2O+. The summed E-state index contributed by atoms with van der Waals surface area (Å²) in [6.45, 7) is 4.71. The molecule has 21 heavy (non-hydrogen) atoms. The van der Waals surface area contributed by atoms with E-state index in [2.05, 4.69) is 52.7 Å². The maximum absolute atomic E-state index is 5.54. The van der Waals surface area contributed by atoms with Crippen LogP contribution in [0, 0.1) is 0 Å². The second-order valence-electron chi connectivity index (χ2n) is 5.44. The van der Waals surface area contributed by atoms with Gasteiger partial charge in [-0.2, -0.15) is 4.57 Å². The van der Waals surface area contributed by atoms with Gasteiger partial charge in [-0.15, -0.1) is 6.58 Å². The zero-order chi connectivity index (χ0) is 14.2. The molecule has 1 fully saturated rings. The number of aromatic nitrogens is 2. The lowest BCUT2D eigenvalue weighted by molar-refractivity contribution is -0.671. The van der Waals surface area contributed by atoms with Crippen molar-refractivity contribution in [2.45, 2.75) is 25.2 Å². The molecule has 3 aromatic rings. The average Bonchev–Trinajstić information content (AvgIpc) is 3.31. The topological polar surface area (TPSA) is 29.3 Å². The fourth-order valence-corrected chi connectivity index (χ4v) is 2.96. The molecule has 0 N–H and O–H groups in total. The van der Waals surface area contributed by atoms with Crippen LogP contribution < -0.4 is 4.57 Å². The van der Waals surface area contributed by atoms with E-state index >= 15 is 0 Å². The van der Waals surface area contributed by atoms with E-state index in [1.807, 2.05) is 18.3 Å². The fourth-order valence-electron chi connectivity index (χ4n) is 2.96. The number of epoxide rings is 1. The first-order valence-electron chi connectivity index (χ1n) is 7.31. The van der Waals surface area contributed by atoms with E-state index in [1.54, 1.807) is 0 Å². The van der Waals surface area contributed by atoms with Crippen LogP contribution in [0.15, 0.2) is 61.4 Å². The minimum absolute atomic E-state index is 0.246. The Hall–Kier alpha value is -2.26. The van der Waals surface area contributed by atoms with Crippen LogP contribution in [0.5, 0.6) is 0 Å². The lowest BCUT2D eigenvalue weighted by atomic mass is 10.1. The molecule has 1 saturated heterocycles. The highest BCUT2D eigenvalue weighted by Gasteiger charge is 2.36. The normalized spacial score (nSPS) is 20.8. The van der Waals surface area contributed by atoms with Gasteiger partial charge < -0.3 is 4.74 Å². The molecule has 0 radical (unpaired) electrons. The molecule has 2 aromatic heterocycles. The number of ether oxygens (including phenoxy) is 1. The van der Waals surface area contributed by atoms with Crippen LogP contribution in [0.3, 0.4) is 0 Å². The van der Waals surface area contributed by atoms with Crippen molar-refractivity contribution < 1.29 is 9.30 Å². The summed E-state index contributed by atoms with van der Waals surface area (Å²) < 4.78 is 7.82. The van der Waals surface area contributed by atoms with E-state index in [0.717, 1.165) is 18.5 Å². The average molecular weight is 277 g/mol. The fraction of sp³-hybridized carbons (Fsp3) is 0.222. The van der Waals surface area contributed by atoms with Gasteiger partial charge in [-0.1, -0.05) is 18.2 Å². The predicted molar refractivity (Wildman–Crippen MR) is 82.9 cm³/mol. The van der Waals surface area contributed by atoms with Gasteiger partial charge in [0.2, 0.25) is 5.52 Å². The summed E-state index contributed by atoms with van der Waals surface area (Å²) >= 11 is 0. The zero-order valence-electron chi connectivity index (χ0n) is 11.8. The third kappa shape index (κ3) is 2.20.